The summed E-state index contributed by atoms with van der Waals surface area (Å²) < 4.78 is 13.2. The fourth-order valence-corrected chi connectivity index (χ4v) is 1.55. The van der Waals surface area contributed by atoms with Crippen LogP contribution >= 0.6 is 0 Å². The zero-order valence-corrected chi connectivity index (χ0v) is 10.6. The van der Waals surface area contributed by atoms with E-state index in [4.69, 9.17) is 0 Å². The molecule has 0 spiro atoms. The molecule has 1 N–H and O–H groups in total. The number of hydrogen-bond acceptors (Lipinski definition) is 4. The topological polar surface area (TPSA) is 50.7 Å². The van der Waals surface area contributed by atoms with Gasteiger partial charge < -0.3 is 5.32 Å². The molecule has 0 saturated carbocycles. The Morgan fingerprint density at radius 3 is 2.56 bits per heavy atom. The smallest absolute Gasteiger partial charge is 0.142 e. The molecule has 0 fully saturated rings. The Hall–Kier alpha value is -2.04. The Morgan fingerprint density at radius 2 is 1.94 bits per heavy atom. The van der Waals surface area contributed by atoms with Crippen LogP contribution < -0.4 is 5.32 Å². The highest BCUT2D eigenvalue weighted by Crippen LogP contribution is 2.22. The summed E-state index contributed by atoms with van der Waals surface area (Å²) >= 11 is 0. The number of pyridine rings is 1. The summed E-state index contributed by atoms with van der Waals surface area (Å²) in [6.07, 6.45) is 2.77. The number of hydrogen-bond donors (Lipinski definition) is 1. The maximum atomic E-state index is 13.2. The molecule has 4 nitrogen and oxygen atoms in total. The van der Waals surface area contributed by atoms with Crippen molar-refractivity contribution in [1.82, 2.24) is 15.0 Å². The van der Waals surface area contributed by atoms with Gasteiger partial charge in [-0.1, -0.05) is 13.8 Å². The largest absolute Gasteiger partial charge is 0.373 e. The first-order valence-corrected chi connectivity index (χ1v) is 5.78. The van der Waals surface area contributed by atoms with Crippen LogP contribution in [0.2, 0.25) is 0 Å². The van der Waals surface area contributed by atoms with Crippen LogP contribution in [0.3, 0.4) is 0 Å². The predicted octanol–water partition coefficient (Wildman–Crippen LogP) is 2.84. The molecule has 2 heterocycles. The first-order valence-electron chi connectivity index (χ1n) is 5.78. The Labute approximate surface area is 105 Å². The molecule has 0 atom stereocenters. The monoisotopic (exact) mass is 246 g/mol. The lowest BCUT2D eigenvalue weighted by Gasteiger charge is -2.09. The van der Waals surface area contributed by atoms with Crippen molar-refractivity contribution in [2.45, 2.75) is 19.8 Å². The summed E-state index contributed by atoms with van der Waals surface area (Å²) in [6, 6.07) is 3.20. The molecule has 0 aliphatic heterocycles. The summed E-state index contributed by atoms with van der Waals surface area (Å²) in [5.74, 6) is 1.27. The lowest BCUT2D eigenvalue weighted by Crippen LogP contribution is -2.03. The average Bonchev–Trinajstić information content (AvgIpc) is 2.38. The summed E-state index contributed by atoms with van der Waals surface area (Å²) in [5, 5.41) is 2.98. The van der Waals surface area contributed by atoms with Crippen molar-refractivity contribution in [3.8, 4) is 11.3 Å². The Kier molecular flexibility index (Phi) is 3.50. The van der Waals surface area contributed by atoms with E-state index in [1.54, 1.807) is 19.3 Å². The summed E-state index contributed by atoms with van der Waals surface area (Å²) in [7, 11) is 1.79. The number of anilines is 1. The van der Waals surface area contributed by atoms with Gasteiger partial charge in [0.2, 0.25) is 0 Å². The maximum absolute atomic E-state index is 13.2. The number of nitrogens with zero attached hydrogens (tertiary/aromatic N) is 3. The maximum Gasteiger partial charge on any atom is 0.142 e. The van der Waals surface area contributed by atoms with Crippen molar-refractivity contribution in [3.63, 3.8) is 0 Å². The zero-order chi connectivity index (χ0) is 13.1. The van der Waals surface area contributed by atoms with Crippen LogP contribution in [-0.4, -0.2) is 22.0 Å². The SMILES string of the molecule is CNc1cc(-c2cncc(F)c2)nc(C(C)C)n1. The Balaban J connectivity index is 2.53. The van der Waals surface area contributed by atoms with Gasteiger partial charge in [-0.25, -0.2) is 14.4 Å². The highest BCUT2D eigenvalue weighted by molar-refractivity contribution is 5.61. The van der Waals surface area contributed by atoms with Gasteiger partial charge in [0.25, 0.3) is 0 Å². The third kappa shape index (κ3) is 2.61. The lowest BCUT2D eigenvalue weighted by molar-refractivity contribution is 0.622. The van der Waals surface area contributed by atoms with Crippen molar-refractivity contribution in [2.75, 3.05) is 12.4 Å². The summed E-state index contributed by atoms with van der Waals surface area (Å²) in [5.41, 5.74) is 1.32. The molecule has 0 radical (unpaired) electrons. The van der Waals surface area contributed by atoms with Gasteiger partial charge in [0.05, 0.1) is 11.9 Å². The number of halogens is 1. The molecule has 0 aliphatic carbocycles. The molecular formula is C13H15FN4. The van der Waals surface area contributed by atoms with Gasteiger partial charge >= 0.3 is 0 Å². The van der Waals surface area contributed by atoms with Crippen LogP contribution in [0.5, 0.6) is 0 Å². The van der Waals surface area contributed by atoms with Gasteiger partial charge in [-0.15, -0.1) is 0 Å². The normalized spacial score (nSPS) is 10.7. The van der Waals surface area contributed by atoms with E-state index < -0.39 is 0 Å². The van der Waals surface area contributed by atoms with E-state index in [0.29, 0.717) is 17.1 Å². The average molecular weight is 246 g/mol. The van der Waals surface area contributed by atoms with Crippen molar-refractivity contribution < 1.29 is 4.39 Å². The van der Waals surface area contributed by atoms with Crippen LogP contribution in [0.1, 0.15) is 25.6 Å². The molecule has 94 valence electrons. The molecule has 0 amide bonds. The molecule has 0 bridgehead atoms. The molecule has 0 unspecified atom stereocenters. The minimum absolute atomic E-state index is 0.207. The van der Waals surface area contributed by atoms with Gasteiger partial charge in [0, 0.05) is 30.8 Å². The van der Waals surface area contributed by atoms with E-state index in [1.165, 1.54) is 12.3 Å². The summed E-state index contributed by atoms with van der Waals surface area (Å²) in [4.78, 5) is 12.6. The first kappa shape index (κ1) is 12.4. The van der Waals surface area contributed by atoms with Crippen molar-refractivity contribution in [1.29, 1.82) is 0 Å². The van der Waals surface area contributed by atoms with E-state index in [-0.39, 0.29) is 11.7 Å². The molecule has 2 rings (SSSR count). The van der Waals surface area contributed by atoms with Crippen LogP contribution in [-0.2, 0) is 0 Å². The Bertz CT molecular complexity index is 554. The van der Waals surface area contributed by atoms with E-state index in [1.807, 2.05) is 13.8 Å². The third-order valence-electron chi connectivity index (χ3n) is 2.52. The molecule has 0 saturated heterocycles. The standard InChI is InChI=1S/C13H15FN4/c1-8(2)13-17-11(5-12(15-3)18-13)9-4-10(14)7-16-6-9/h4-8H,1-3H3,(H,15,17,18). The fraction of sp³-hybridized carbons (Fsp3) is 0.308. The van der Waals surface area contributed by atoms with Crippen LogP contribution in [0.4, 0.5) is 10.2 Å². The zero-order valence-electron chi connectivity index (χ0n) is 10.6. The number of aromatic nitrogens is 3. The fourth-order valence-electron chi connectivity index (χ4n) is 1.55. The minimum Gasteiger partial charge on any atom is -0.373 e. The molecule has 2 aromatic heterocycles. The molecule has 0 aromatic carbocycles. The van der Waals surface area contributed by atoms with E-state index in [9.17, 15) is 4.39 Å². The van der Waals surface area contributed by atoms with Gasteiger partial charge in [0.15, 0.2) is 0 Å². The second-order valence-corrected chi connectivity index (χ2v) is 4.29. The minimum atomic E-state index is -0.372. The van der Waals surface area contributed by atoms with Crippen molar-refractivity contribution in [3.05, 3.63) is 36.2 Å². The second kappa shape index (κ2) is 5.08. The quantitative estimate of drug-likeness (QED) is 0.904. The molecule has 5 heteroatoms. The molecular weight excluding hydrogens is 231 g/mol. The number of nitrogens with one attached hydrogen (secondary N) is 1. The van der Waals surface area contributed by atoms with Gasteiger partial charge in [0.1, 0.15) is 17.5 Å². The van der Waals surface area contributed by atoms with Crippen molar-refractivity contribution in [2.24, 2.45) is 0 Å². The molecule has 2 aromatic rings. The Morgan fingerprint density at radius 1 is 1.17 bits per heavy atom. The second-order valence-electron chi connectivity index (χ2n) is 4.29. The predicted molar refractivity (Wildman–Crippen MR) is 68.9 cm³/mol. The number of rotatable bonds is 3. The van der Waals surface area contributed by atoms with Crippen LogP contribution in [0.25, 0.3) is 11.3 Å². The van der Waals surface area contributed by atoms with Crippen molar-refractivity contribution >= 4 is 5.82 Å². The van der Waals surface area contributed by atoms with E-state index in [0.717, 1.165) is 5.82 Å². The highest BCUT2D eigenvalue weighted by atomic mass is 19.1. The lowest BCUT2D eigenvalue weighted by atomic mass is 10.1. The molecule has 0 aliphatic rings. The van der Waals surface area contributed by atoms with E-state index in [2.05, 4.69) is 20.3 Å². The van der Waals surface area contributed by atoms with Crippen LogP contribution in [0, 0.1) is 5.82 Å². The summed E-state index contributed by atoms with van der Waals surface area (Å²) in [6.45, 7) is 4.03. The van der Waals surface area contributed by atoms with Crippen LogP contribution in [0.15, 0.2) is 24.5 Å². The van der Waals surface area contributed by atoms with Gasteiger partial charge in [-0.3, -0.25) is 4.98 Å². The third-order valence-corrected chi connectivity index (χ3v) is 2.52. The van der Waals surface area contributed by atoms with E-state index >= 15 is 0 Å². The van der Waals surface area contributed by atoms with Gasteiger partial charge in [-0.2, -0.15) is 0 Å². The highest BCUT2D eigenvalue weighted by Gasteiger charge is 2.09. The molecule has 18 heavy (non-hydrogen) atoms. The van der Waals surface area contributed by atoms with Gasteiger partial charge in [-0.05, 0) is 6.07 Å². The first-order chi connectivity index (χ1) is 8.60.